The van der Waals surface area contributed by atoms with Crippen molar-refractivity contribution in [3.63, 3.8) is 0 Å². The molecule has 0 saturated heterocycles. The van der Waals surface area contributed by atoms with E-state index in [0.717, 1.165) is 16.3 Å². The van der Waals surface area contributed by atoms with Crippen LogP contribution in [0.25, 0.3) is 0 Å². The van der Waals surface area contributed by atoms with Gasteiger partial charge in [-0.15, -0.1) is 0 Å². The Morgan fingerprint density at radius 3 is 2.62 bits per heavy atom. The van der Waals surface area contributed by atoms with Gasteiger partial charge in [0.15, 0.2) is 0 Å². The molecule has 0 radical (unpaired) electrons. The molecule has 2 rings (SSSR count). The van der Waals surface area contributed by atoms with E-state index in [1.165, 1.54) is 0 Å². The van der Waals surface area contributed by atoms with Gasteiger partial charge in [-0.1, -0.05) is 29.8 Å². The third kappa shape index (κ3) is 1.91. The molecule has 1 aromatic carbocycles. The van der Waals surface area contributed by atoms with Crippen LogP contribution >= 0.6 is 11.6 Å². The van der Waals surface area contributed by atoms with Crippen LogP contribution in [0.1, 0.15) is 24.2 Å². The molecule has 0 spiro atoms. The Balaban J connectivity index is 2.43. The monoisotopic (exact) mass is 235 g/mol. The van der Waals surface area contributed by atoms with Crippen molar-refractivity contribution in [1.82, 2.24) is 9.78 Å². The second kappa shape index (κ2) is 4.18. The third-order valence-corrected chi connectivity index (χ3v) is 2.95. The molecule has 1 aromatic heterocycles. The Kier molecular flexibility index (Phi) is 2.88. The Labute approximate surface area is 99.8 Å². The molecule has 0 unspecified atom stereocenters. The molecule has 0 bridgehead atoms. The van der Waals surface area contributed by atoms with Gasteiger partial charge in [0.1, 0.15) is 5.82 Å². The third-order valence-electron chi connectivity index (χ3n) is 2.61. The van der Waals surface area contributed by atoms with E-state index >= 15 is 0 Å². The number of halogens is 1. The minimum absolute atomic E-state index is 0.0439. The molecule has 4 heteroatoms. The van der Waals surface area contributed by atoms with E-state index in [1.807, 2.05) is 44.2 Å². The Morgan fingerprint density at radius 1 is 1.38 bits per heavy atom. The molecule has 2 aromatic rings. The molecule has 0 fully saturated rings. The van der Waals surface area contributed by atoms with Crippen molar-refractivity contribution >= 4 is 17.4 Å². The van der Waals surface area contributed by atoms with E-state index in [1.54, 1.807) is 4.68 Å². The van der Waals surface area contributed by atoms with E-state index in [9.17, 15) is 0 Å². The molecule has 1 atom stereocenters. The van der Waals surface area contributed by atoms with Crippen LogP contribution in [0, 0.1) is 6.92 Å². The molecule has 0 saturated carbocycles. The van der Waals surface area contributed by atoms with Gasteiger partial charge in [0.2, 0.25) is 0 Å². The largest absolute Gasteiger partial charge is 0.384 e. The average molecular weight is 236 g/mol. The van der Waals surface area contributed by atoms with Crippen LogP contribution in [0.3, 0.4) is 0 Å². The normalized spacial score (nSPS) is 12.7. The van der Waals surface area contributed by atoms with Crippen LogP contribution in [-0.2, 0) is 0 Å². The van der Waals surface area contributed by atoms with Gasteiger partial charge >= 0.3 is 0 Å². The number of aromatic nitrogens is 2. The zero-order chi connectivity index (χ0) is 11.7. The molecule has 1 heterocycles. The summed E-state index contributed by atoms with van der Waals surface area (Å²) in [5.74, 6) is 0.657. The molecular formula is C12H14ClN3. The van der Waals surface area contributed by atoms with Crippen molar-refractivity contribution in [2.45, 2.75) is 19.9 Å². The Hall–Kier alpha value is -1.48. The van der Waals surface area contributed by atoms with Crippen molar-refractivity contribution in [3.05, 3.63) is 46.6 Å². The van der Waals surface area contributed by atoms with E-state index in [2.05, 4.69) is 5.10 Å². The number of benzene rings is 1. The number of nitrogens with two attached hydrogens (primary N) is 1. The summed E-state index contributed by atoms with van der Waals surface area (Å²) in [5, 5.41) is 5.10. The van der Waals surface area contributed by atoms with Gasteiger partial charge in [-0.25, -0.2) is 4.68 Å². The minimum Gasteiger partial charge on any atom is -0.384 e. The quantitative estimate of drug-likeness (QED) is 0.870. The molecule has 84 valence electrons. The van der Waals surface area contributed by atoms with Crippen molar-refractivity contribution < 1.29 is 0 Å². The van der Waals surface area contributed by atoms with E-state index in [-0.39, 0.29) is 6.04 Å². The Morgan fingerprint density at radius 2 is 2.06 bits per heavy atom. The lowest BCUT2D eigenvalue weighted by Gasteiger charge is -2.15. The molecule has 0 aliphatic carbocycles. The zero-order valence-corrected chi connectivity index (χ0v) is 10.1. The number of nitrogen functional groups attached to an aromatic ring is 1. The minimum atomic E-state index is 0.0439. The molecule has 3 nitrogen and oxygen atoms in total. The SMILES string of the molecule is Cc1cc(N)n([C@H](C)c2ccccc2Cl)n1. The summed E-state index contributed by atoms with van der Waals surface area (Å²) in [6.45, 7) is 3.95. The fraction of sp³-hybridized carbons (Fsp3) is 0.250. The van der Waals surface area contributed by atoms with Gasteiger partial charge in [0.05, 0.1) is 11.7 Å². The van der Waals surface area contributed by atoms with Gasteiger partial charge in [-0.2, -0.15) is 5.10 Å². The van der Waals surface area contributed by atoms with Crippen LogP contribution in [-0.4, -0.2) is 9.78 Å². The van der Waals surface area contributed by atoms with E-state index in [4.69, 9.17) is 17.3 Å². The highest BCUT2D eigenvalue weighted by Crippen LogP contribution is 2.26. The molecule has 2 N–H and O–H groups in total. The van der Waals surface area contributed by atoms with Gasteiger partial charge < -0.3 is 5.73 Å². The van der Waals surface area contributed by atoms with Crippen LogP contribution in [0.4, 0.5) is 5.82 Å². The summed E-state index contributed by atoms with van der Waals surface area (Å²) in [6, 6.07) is 9.64. The summed E-state index contributed by atoms with van der Waals surface area (Å²) >= 11 is 6.15. The summed E-state index contributed by atoms with van der Waals surface area (Å²) < 4.78 is 1.79. The summed E-state index contributed by atoms with van der Waals surface area (Å²) in [5.41, 5.74) is 7.83. The fourth-order valence-electron chi connectivity index (χ4n) is 1.79. The molecule has 16 heavy (non-hydrogen) atoms. The molecule has 0 aliphatic rings. The predicted octanol–water partition coefficient (Wildman–Crippen LogP) is 3.04. The van der Waals surface area contributed by atoms with Gasteiger partial charge in [-0.3, -0.25) is 0 Å². The lowest BCUT2D eigenvalue weighted by molar-refractivity contribution is 0.569. The fourth-order valence-corrected chi connectivity index (χ4v) is 2.09. The second-order valence-electron chi connectivity index (χ2n) is 3.85. The Bertz CT molecular complexity index is 505. The summed E-state index contributed by atoms with van der Waals surface area (Å²) in [7, 11) is 0. The van der Waals surface area contributed by atoms with Gasteiger partial charge in [-0.05, 0) is 25.5 Å². The molecule has 0 aliphatic heterocycles. The molecular weight excluding hydrogens is 222 g/mol. The van der Waals surface area contributed by atoms with Crippen LogP contribution < -0.4 is 5.73 Å². The topological polar surface area (TPSA) is 43.8 Å². The predicted molar refractivity (Wildman–Crippen MR) is 66.6 cm³/mol. The van der Waals surface area contributed by atoms with E-state index < -0.39 is 0 Å². The van der Waals surface area contributed by atoms with Crippen LogP contribution in [0.5, 0.6) is 0 Å². The molecule has 0 amide bonds. The number of hydrogen-bond acceptors (Lipinski definition) is 2. The van der Waals surface area contributed by atoms with E-state index in [0.29, 0.717) is 5.82 Å². The number of rotatable bonds is 2. The number of anilines is 1. The van der Waals surface area contributed by atoms with Crippen molar-refractivity contribution in [2.24, 2.45) is 0 Å². The van der Waals surface area contributed by atoms with Crippen molar-refractivity contribution in [3.8, 4) is 0 Å². The van der Waals surface area contributed by atoms with Crippen LogP contribution in [0.2, 0.25) is 5.02 Å². The number of hydrogen-bond donors (Lipinski definition) is 1. The van der Waals surface area contributed by atoms with Crippen LogP contribution in [0.15, 0.2) is 30.3 Å². The highest BCUT2D eigenvalue weighted by Gasteiger charge is 2.14. The first-order valence-electron chi connectivity index (χ1n) is 5.15. The average Bonchev–Trinajstić information content (AvgIpc) is 2.58. The highest BCUT2D eigenvalue weighted by atomic mass is 35.5. The number of aryl methyl sites for hydroxylation is 1. The first-order chi connectivity index (χ1) is 7.59. The summed E-state index contributed by atoms with van der Waals surface area (Å²) in [6.07, 6.45) is 0. The smallest absolute Gasteiger partial charge is 0.122 e. The van der Waals surface area contributed by atoms with Crippen molar-refractivity contribution in [2.75, 3.05) is 5.73 Å². The first kappa shape index (κ1) is 11.0. The summed E-state index contributed by atoms with van der Waals surface area (Å²) in [4.78, 5) is 0. The second-order valence-corrected chi connectivity index (χ2v) is 4.26. The lowest BCUT2D eigenvalue weighted by Crippen LogP contribution is -2.11. The lowest BCUT2D eigenvalue weighted by atomic mass is 10.1. The van der Waals surface area contributed by atoms with Crippen molar-refractivity contribution in [1.29, 1.82) is 0 Å². The van der Waals surface area contributed by atoms with Gasteiger partial charge in [0, 0.05) is 11.1 Å². The number of nitrogens with zero attached hydrogens (tertiary/aromatic N) is 2. The maximum atomic E-state index is 6.15. The maximum Gasteiger partial charge on any atom is 0.122 e. The standard InChI is InChI=1S/C12H14ClN3/c1-8-7-12(14)16(15-8)9(2)10-5-3-4-6-11(10)13/h3-7,9H,14H2,1-2H3/t9-/m1/s1. The zero-order valence-electron chi connectivity index (χ0n) is 9.31. The first-order valence-corrected chi connectivity index (χ1v) is 5.53. The maximum absolute atomic E-state index is 6.15. The van der Waals surface area contributed by atoms with Gasteiger partial charge in [0.25, 0.3) is 0 Å². The highest BCUT2D eigenvalue weighted by molar-refractivity contribution is 6.31.